The molecule has 8 rings (SSSR count). The lowest BCUT2D eigenvalue weighted by atomic mass is 9.86. The van der Waals surface area contributed by atoms with Crippen LogP contribution < -0.4 is 9.30 Å². The minimum atomic E-state index is -0.00314. The average molecular weight is 667 g/mol. The van der Waals surface area contributed by atoms with Gasteiger partial charge in [-0.3, -0.25) is 13.7 Å². The number of nitrogens with zero attached hydrogens (tertiary/aromatic N) is 4. The van der Waals surface area contributed by atoms with E-state index in [1.54, 1.807) is 0 Å². The van der Waals surface area contributed by atoms with Crippen LogP contribution in [0.25, 0.3) is 50.1 Å². The third-order valence-corrected chi connectivity index (χ3v) is 9.60. The highest BCUT2D eigenvalue weighted by atomic mass is 16.5. The van der Waals surface area contributed by atoms with Gasteiger partial charge in [0.1, 0.15) is 17.3 Å². The van der Waals surface area contributed by atoms with Crippen molar-refractivity contribution in [3.63, 3.8) is 0 Å². The van der Waals surface area contributed by atoms with Crippen molar-refractivity contribution in [3.8, 4) is 39.8 Å². The lowest BCUT2D eigenvalue weighted by Gasteiger charge is -2.20. The molecule has 0 aliphatic heterocycles. The second kappa shape index (κ2) is 12.4. The molecule has 3 heterocycles. The van der Waals surface area contributed by atoms with Crippen molar-refractivity contribution in [1.82, 2.24) is 14.1 Å². The SMILES string of the molecule is CC(C)(C)c1ccnc(-n2c3ccc(C(C)(C)C)cc3c3ccc(Oc4cccc(-n5[c-][n+](-c6ccccc6-c6ccccc6)cc5)c4)cc32)c1. The van der Waals surface area contributed by atoms with E-state index >= 15 is 0 Å². The summed E-state index contributed by atoms with van der Waals surface area (Å²) in [4.78, 5) is 4.89. The Morgan fingerprint density at radius 1 is 0.627 bits per heavy atom. The number of aromatic nitrogens is 4. The smallest absolute Gasteiger partial charge is 0.268 e. The second-order valence-corrected chi connectivity index (χ2v) is 15.3. The van der Waals surface area contributed by atoms with Gasteiger partial charge < -0.3 is 4.74 Å². The Labute approximate surface area is 300 Å². The summed E-state index contributed by atoms with van der Waals surface area (Å²) in [6, 6.07) is 44.5. The monoisotopic (exact) mass is 666 g/mol. The fraction of sp³-hybridized carbons (Fsp3) is 0.174. The van der Waals surface area contributed by atoms with Crippen molar-refractivity contribution < 1.29 is 9.30 Å². The highest BCUT2D eigenvalue weighted by molar-refractivity contribution is 6.09. The van der Waals surface area contributed by atoms with Gasteiger partial charge in [-0.15, -0.1) is 0 Å². The van der Waals surface area contributed by atoms with E-state index < -0.39 is 0 Å². The zero-order valence-electron chi connectivity index (χ0n) is 30.1. The summed E-state index contributed by atoms with van der Waals surface area (Å²) in [7, 11) is 0. The van der Waals surface area contributed by atoms with Gasteiger partial charge in [0.25, 0.3) is 6.33 Å². The van der Waals surface area contributed by atoms with Gasteiger partial charge in [-0.1, -0.05) is 102 Å². The van der Waals surface area contributed by atoms with E-state index in [4.69, 9.17) is 9.72 Å². The third kappa shape index (κ3) is 6.21. The van der Waals surface area contributed by atoms with Crippen molar-refractivity contribution in [2.75, 3.05) is 0 Å². The molecule has 0 radical (unpaired) electrons. The topological polar surface area (TPSA) is 35.9 Å². The van der Waals surface area contributed by atoms with E-state index in [-0.39, 0.29) is 10.8 Å². The Morgan fingerprint density at radius 3 is 2.18 bits per heavy atom. The predicted molar refractivity (Wildman–Crippen MR) is 208 cm³/mol. The zero-order valence-corrected chi connectivity index (χ0v) is 30.1. The van der Waals surface area contributed by atoms with Gasteiger partial charge in [0, 0.05) is 35.4 Å². The van der Waals surface area contributed by atoms with Crippen LogP contribution in [-0.4, -0.2) is 14.1 Å². The molecule has 0 N–H and O–H groups in total. The van der Waals surface area contributed by atoms with Gasteiger partial charge >= 0.3 is 0 Å². The number of fused-ring (bicyclic) bond motifs is 3. The predicted octanol–water partition coefficient (Wildman–Crippen LogP) is 11.1. The number of pyridine rings is 1. The van der Waals surface area contributed by atoms with E-state index in [0.717, 1.165) is 45.3 Å². The fourth-order valence-corrected chi connectivity index (χ4v) is 6.76. The molecule has 5 heteroatoms. The molecular weight excluding hydrogens is 625 g/mol. The minimum absolute atomic E-state index is 0.00314. The number of rotatable bonds is 6. The first-order valence-electron chi connectivity index (χ1n) is 17.5. The van der Waals surface area contributed by atoms with Crippen LogP contribution in [0.15, 0.2) is 146 Å². The standard InChI is InChI=1S/C46H42N4O/c1-45(2,3)33-19-22-42-40(27-33)39-21-20-37(30-43(39)50(42)44-28-34(23-24-47-44)46(4,5)6)51-36-16-12-15-35(29-36)48-25-26-49(31-48)41-18-11-10-17-38(41)32-13-8-7-9-14-32/h7-30H,1-6H3. The summed E-state index contributed by atoms with van der Waals surface area (Å²) >= 11 is 0. The fourth-order valence-electron chi connectivity index (χ4n) is 6.76. The summed E-state index contributed by atoms with van der Waals surface area (Å²) in [5.41, 5.74) is 9.09. The molecule has 0 amide bonds. The molecule has 0 saturated heterocycles. The summed E-state index contributed by atoms with van der Waals surface area (Å²) in [5, 5.41) is 2.38. The molecule has 8 aromatic rings. The van der Waals surface area contributed by atoms with Crippen LogP contribution in [0.2, 0.25) is 0 Å². The van der Waals surface area contributed by atoms with Crippen LogP contribution in [0.3, 0.4) is 0 Å². The van der Waals surface area contributed by atoms with Crippen LogP contribution in [-0.2, 0) is 10.8 Å². The Morgan fingerprint density at radius 2 is 1.37 bits per heavy atom. The molecular formula is C46H42N4O. The highest BCUT2D eigenvalue weighted by Crippen LogP contribution is 2.38. The molecule has 5 nitrogen and oxygen atoms in total. The molecule has 0 fully saturated rings. The highest BCUT2D eigenvalue weighted by Gasteiger charge is 2.21. The van der Waals surface area contributed by atoms with Gasteiger partial charge in [-0.25, -0.2) is 4.98 Å². The number of imidazole rings is 1. The number of hydrogen-bond donors (Lipinski definition) is 0. The van der Waals surface area contributed by atoms with Gasteiger partial charge in [0.2, 0.25) is 0 Å². The van der Waals surface area contributed by atoms with Crippen molar-refractivity contribution in [1.29, 1.82) is 0 Å². The summed E-state index contributed by atoms with van der Waals surface area (Å²) < 4.78 is 12.9. The van der Waals surface area contributed by atoms with Crippen molar-refractivity contribution in [3.05, 3.63) is 163 Å². The van der Waals surface area contributed by atoms with Crippen LogP contribution in [0.5, 0.6) is 11.5 Å². The largest absolute Gasteiger partial charge is 0.458 e. The van der Waals surface area contributed by atoms with Crippen molar-refractivity contribution in [2.24, 2.45) is 0 Å². The summed E-state index contributed by atoms with van der Waals surface area (Å²) in [6.07, 6.45) is 9.49. The lowest BCUT2D eigenvalue weighted by molar-refractivity contribution is -0.598. The van der Waals surface area contributed by atoms with Crippen LogP contribution >= 0.6 is 0 Å². The third-order valence-electron chi connectivity index (χ3n) is 9.60. The number of para-hydroxylation sites is 1. The van der Waals surface area contributed by atoms with Crippen LogP contribution in [0.1, 0.15) is 52.7 Å². The molecule has 5 aromatic carbocycles. The molecule has 51 heavy (non-hydrogen) atoms. The summed E-state index contributed by atoms with van der Waals surface area (Å²) in [5.74, 6) is 2.40. The summed E-state index contributed by atoms with van der Waals surface area (Å²) in [6.45, 7) is 13.5. The maximum absolute atomic E-state index is 6.59. The number of hydrogen-bond acceptors (Lipinski definition) is 2. The maximum Gasteiger partial charge on any atom is 0.268 e. The maximum atomic E-state index is 6.59. The van der Waals surface area contributed by atoms with Crippen LogP contribution in [0, 0.1) is 6.33 Å². The molecule has 0 aliphatic rings. The molecule has 3 aromatic heterocycles. The van der Waals surface area contributed by atoms with Crippen LogP contribution in [0.4, 0.5) is 0 Å². The molecule has 0 bridgehead atoms. The lowest BCUT2D eigenvalue weighted by Crippen LogP contribution is -2.29. The molecule has 252 valence electrons. The number of ether oxygens (including phenoxy) is 1. The molecule has 0 unspecified atom stereocenters. The van der Waals surface area contributed by atoms with E-state index in [9.17, 15) is 0 Å². The molecule has 0 spiro atoms. The van der Waals surface area contributed by atoms with E-state index in [0.29, 0.717) is 0 Å². The first-order valence-corrected chi connectivity index (χ1v) is 17.5. The van der Waals surface area contributed by atoms with E-state index in [2.05, 4.69) is 156 Å². The molecule has 0 aliphatic carbocycles. The Hall–Kier alpha value is -5.94. The Balaban J connectivity index is 1.17. The average Bonchev–Trinajstić information content (AvgIpc) is 3.75. The van der Waals surface area contributed by atoms with Crippen molar-refractivity contribution >= 4 is 21.8 Å². The Bertz CT molecular complexity index is 2530. The van der Waals surface area contributed by atoms with E-state index in [1.165, 1.54) is 27.5 Å². The Kier molecular flexibility index (Phi) is 7.87. The van der Waals surface area contributed by atoms with E-state index in [1.807, 2.05) is 52.0 Å². The first-order chi connectivity index (χ1) is 24.5. The van der Waals surface area contributed by atoms with Gasteiger partial charge in [-0.2, -0.15) is 0 Å². The second-order valence-electron chi connectivity index (χ2n) is 15.3. The molecule has 0 saturated carbocycles. The number of benzene rings is 5. The van der Waals surface area contributed by atoms with Gasteiger partial charge in [-0.05, 0) is 93.7 Å². The van der Waals surface area contributed by atoms with Crippen molar-refractivity contribution in [2.45, 2.75) is 52.4 Å². The first kappa shape index (κ1) is 32.3. The normalized spacial score (nSPS) is 12.1. The minimum Gasteiger partial charge on any atom is -0.458 e. The quantitative estimate of drug-likeness (QED) is 0.131. The van der Waals surface area contributed by atoms with Gasteiger partial charge in [0.15, 0.2) is 0 Å². The zero-order chi connectivity index (χ0) is 35.3. The van der Waals surface area contributed by atoms with Gasteiger partial charge in [0.05, 0.1) is 22.4 Å². The molecule has 0 atom stereocenters.